The standard InChI is InChI=1S/C15H11Cl3N2O2/c16-13(19(14(17)21)11-7-3-1-4-8-11)20(15(18)22)12-9-5-2-6-10-12/h1-10,13H. The van der Waals surface area contributed by atoms with Crippen LogP contribution in [0.25, 0.3) is 0 Å². The molecule has 2 amide bonds. The Morgan fingerprint density at radius 3 is 1.32 bits per heavy atom. The zero-order valence-corrected chi connectivity index (χ0v) is 13.5. The molecule has 0 saturated heterocycles. The zero-order valence-electron chi connectivity index (χ0n) is 11.2. The molecule has 0 aliphatic rings. The maximum atomic E-state index is 11.8. The topological polar surface area (TPSA) is 40.6 Å². The van der Waals surface area contributed by atoms with Gasteiger partial charge in [-0.1, -0.05) is 48.0 Å². The molecule has 7 heteroatoms. The molecule has 0 bridgehead atoms. The van der Waals surface area contributed by atoms with E-state index >= 15 is 0 Å². The van der Waals surface area contributed by atoms with Gasteiger partial charge in [-0.2, -0.15) is 0 Å². The third-order valence-electron chi connectivity index (χ3n) is 2.87. The molecule has 0 atom stereocenters. The number of hydrogen-bond donors (Lipinski definition) is 0. The summed E-state index contributed by atoms with van der Waals surface area (Å²) in [5.41, 5.74) is -0.317. The van der Waals surface area contributed by atoms with Gasteiger partial charge in [-0.3, -0.25) is 19.4 Å². The van der Waals surface area contributed by atoms with E-state index in [0.29, 0.717) is 11.4 Å². The summed E-state index contributed by atoms with van der Waals surface area (Å²) >= 11 is 17.6. The van der Waals surface area contributed by atoms with Crippen molar-refractivity contribution in [2.24, 2.45) is 0 Å². The monoisotopic (exact) mass is 356 g/mol. The normalized spacial score (nSPS) is 10.4. The van der Waals surface area contributed by atoms with Gasteiger partial charge in [-0.25, -0.2) is 0 Å². The van der Waals surface area contributed by atoms with Gasteiger partial charge in [0.05, 0.1) is 0 Å². The Balaban J connectivity index is 2.42. The number of carbonyl (C=O) groups excluding carboxylic acids is 2. The van der Waals surface area contributed by atoms with Gasteiger partial charge in [-0.05, 0) is 47.5 Å². The van der Waals surface area contributed by atoms with E-state index in [4.69, 9.17) is 34.8 Å². The Bertz CT molecular complexity index is 595. The molecule has 0 aliphatic heterocycles. The number of benzene rings is 2. The molecule has 0 N–H and O–H groups in total. The van der Waals surface area contributed by atoms with Crippen molar-refractivity contribution in [2.45, 2.75) is 5.62 Å². The van der Waals surface area contributed by atoms with E-state index in [1.54, 1.807) is 60.7 Å². The van der Waals surface area contributed by atoms with Crippen LogP contribution in [0.15, 0.2) is 60.7 Å². The number of para-hydroxylation sites is 2. The van der Waals surface area contributed by atoms with Crippen LogP contribution in [0, 0.1) is 0 Å². The Hall–Kier alpha value is -1.75. The molecule has 2 aromatic rings. The van der Waals surface area contributed by atoms with E-state index in [1.807, 2.05) is 0 Å². The highest BCUT2D eigenvalue weighted by Gasteiger charge is 2.31. The molecule has 0 unspecified atom stereocenters. The first kappa shape index (κ1) is 16.6. The molecule has 4 nitrogen and oxygen atoms in total. The minimum Gasteiger partial charge on any atom is -0.264 e. The van der Waals surface area contributed by atoms with Crippen LogP contribution in [0.1, 0.15) is 0 Å². The molecule has 0 radical (unpaired) electrons. The highest BCUT2D eigenvalue weighted by atomic mass is 35.5. The summed E-state index contributed by atoms with van der Waals surface area (Å²) in [7, 11) is 0. The van der Waals surface area contributed by atoms with E-state index < -0.39 is 16.4 Å². The lowest BCUT2D eigenvalue weighted by molar-refractivity contribution is 0.260. The van der Waals surface area contributed by atoms with Crippen molar-refractivity contribution in [3.63, 3.8) is 0 Å². The molecular weight excluding hydrogens is 347 g/mol. The SMILES string of the molecule is O=C(Cl)N(c1ccccc1)C(Cl)N(C(=O)Cl)c1ccccc1. The summed E-state index contributed by atoms with van der Waals surface area (Å²) in [5, 5.41) is -1.66. The molecule has 2 aromatic carbocycles. The summed E-state index contributed by atoms with van der Waals surface area (Å²) in [6, 6.07) is 17.1. The van der Waals surface area contributed by atoms with Crippen LogP contribution in [-0.2, 0) is 0 Å². The highest BCUT2D eigenvalue weighted by molar-refractivity contribution is 6.68. The minimum absolute atomic E-state index is 0.446. The molecule has 114 valence electrons. The Morgan fingerprint density at radius 1 is 0.727 bits per heavy atom. The fraction of sp³-hybridized carbons (Fsp3) is 0.0667. The van der Waals surface area contributed by atoms with Gasteiger partial charge < -0.3 is 0 Å². The van der Waals surface area contributed by atoms with E-state index in [9.17, 15) is 9.59 Å². The lowest BCUT2D eigenvalue weighted by Gasteiger charge is -2.33. The summed E-state index contributed by atoms with van der Waals surface area (Å²) in [6.45, 7) is 0. The van der Waals surface area contributed by atoms with Gasteiger partial charge in [0.1, 0.15) is 0 Å². The van der Waals surface area contributed by atoms with E-state index in [1.165, 1.54) is 0 Å². The second kappa shape index (κ2) is 7.49. The fourth-order valence-corrected chi connectivity index (χ4v) is 2.79. The average molecular weight is 358 g/mol. The maximum Gasteiger partial charge on any atom is 0.323 e. The van der Waals surface area contributed by atoms with Gasteiger partial charge in [0.15, 0.2) is 5.62 Å². The maximum absolute atomic E-state index is 11.8. The number of amides is 2. The van der Waals surface area contributed by atoms with Gasteiger partial charge in [0.2, 0.25) is 0 Å². The van der Waals surface area contributed by atoms with Crippen LogP contribution < -0.4 is 9.80 Å². The van der Waals surface area contributed by atoms with Crippen molar-refractivity contribution in [2.75, 3.05) is 9.80 Å². The number of nitrogens with zero attached hydrogens (tertiary/aromatic N) is 2. The molecule has 2 rings (SSSR count). The Labute approximate surface area is 142 Å². The third kappa shape index (κ3) is 3.71. The zero-order chi connectivity index (χ0) is 16.1. The van der Waals surface area contributed by atoms with Crippen molar-refractivity contribution < 1.29 is 9.59 Å². The van der Waals surface area contributed by atoms with Crippen LogP contribution in [0.4, 0.5) is 21.0 Å². The summed E-state index contributed by atoms with van der Waals surface area (Å²) in [4.78, 5) is 25.7. The quantitative estimate of drug-likeness (QED) is 0.325. The number of hydrogen-bond acceptors (Lipinski definition) is 2. The van der Waals surface area contributed by atoms with Crippen molar-refractivity contribution in [1.29, 1.82) is 0 Å². The third-order valence-corrected chi connectivity index (χ3v) is 3.63. The summed E-state index contributed by atoms with van der Waals surface area (Å²) in [5.74, 6) is 0. The van der Waals surface area contributed by atoms with Crippen LogP contribution in [0.2, 0.25) is 0 Å². The van der Waals surface area contributed by atoms with E-state index in [2.05, 4.69) is 0 Å². The fourth-order valence-electron chi connectivity index (χ4n) is 1.91. The molecular formula is C15H11Cl3N2O2. The summed E-state index contributed by atoms with van der Waals surface area (Å²) < 4.78 is 0. The molecule has 0 fully saturated rings. The summed E-state index contributed by atoms with van der Waals surface area (Å²) in [6.07, 6.45) is 0. The van der Waals surface area contributed by atoms with Gasteiger partial charge in [0.25, 0.3) is 0 Å². The Kier molecular flexibility index (Phi) is 5.66. The van der Waals surface area contributed by atoms with Gasteiger partial charge >= 0.3 is 10.7 Å². The molecule has 0 spiro atoms. The van der Waals surface area contributed by atoms with Crippen LogP contribution in [0.5, 0.6) is 0 Å². The molecule has 0 aromatic heterocycles. The highest BCUT2D eigenvalue weighted by Crippen LogP contribution is 2.28. The first-order chi connectivity index (χ1) is 10.5. The smallest absolute Gasteiger partial charge is 0.264 e. The van der Waals surface area contributed by atoms with Crippen molar-refractivity contribution in [3.05, 3.63) is 60.7 Å². The largest absolute Gasteiger partial charge is 0.323 e. The molecule has 0 saturated carbocycles. The van der Waals surface area contributed by atoms with Crippen LogP contribution in [0.3, 0.4) is 0 Å². The van der Waals surface area contributed by atoms with Crippen molar-refractivity contribution in [3.8, 4) is 0 Å². The van der Waals surface area contributed by atoms with E-state index in [-0.39, 0.29) is 0 Å². The van der Waals surface area contributed by atoms with Crippen molar-refractivity contribution in [1.82, 2.24) is 0 Å². The lowest BCUT2D eigenvalue weighted by Crippen LogP contribution is -2.47. The van der Waals surface area contributed by atoms with E-state index in [0.717, 1.165) is 9.80 Å². The molecule has 0 aliphatic carbocycles. The van der Waals surface area contributed by atoms with Crippen LogP contribution in [-0.4, -0.2) is 16.4 Å². The minimum atomic E-state index is -1.21. The second-order valence-corrected chi connectivity index (χ2v) is 5.26. The predicted molar refractivity (Wildman–Crippen MR) is 90.0 cm³/mol. The predicted octanol–water partition coefficient (Wildman–Crippen LogP) is 5.24. The molecule has 0 heterocycles. The molecule has 22 heavy (non-hydrogen) atoms. The second-order valence-electron chi connectivity index (χ2n) is 4.23. The number of alkyl halides is 1. The number of halogens is 3. The first-order valence-electron chi connectivity index (χ1n) is 6.24. The number of carbonyl (C=O) groups is 2. The van der Waals surface area contributed by atoms with Crippen molar-refractivity contribution >= 4 is 56.9 Å². The van der Waals surface area contributed by atoms with Gasteiger partial charge in [-0.15, -0.1) is 0 Å². The van der Waals surface area contributed by atoms with Gasteiger partial charge in [0, 0.05) is 11.4 Å². The Morgan fingerprint density at radius 2 is 1.05 bits per heavy atom. The lowest BCUT2D eigenvalue weighted by atomic mass is 10.3. The number of anilines is 2. The van der Waals surface area contributed by atoms with Crippen LogP contribution >= 0.6 is 34.8 Å². The first-order valence-corrected chi connectivity index (χ1v) is 7.43. The average Bonchev–Trinajstić information content (AvgIpc) is 2.49. The number of rotatable bonds is 4.